The molecule has 26 heavy (non-hydrogen) atoms. The number of para-hydroxylation sites is 1. The van der Waals surface area contributed by atoms with E-state index in [4.69, 9.17) is 4.74 Å². The summed E-state index contributed by atoms with van der Waals surface area (Å²) in [4.78, 5) is 25.5. The third kappa shape index (κ3) is 5.62. The molecule has 2 aromatic rings. The average molecular weight is 354 g/mol. The van der Waals surface area contributed by atoms with Gasteiger partial charge in [-0.05, 0) is 49.6 Å². The maximum absolute atomic E-state index is 12.3. The number of hydrogen-bond donors (Lipinski definition) is 1. The van der Waals surface area contributed by atoms with Gasteiger partial charge in [0.25, 0.3) is 5.91 Å². The number of hydrogen-bond acceptors (Lipinski definition) is 3. The minimum atomic E-state index is -0.603. The predicted octanol–water partition coefficient (Wildman–Crippen LogP) is 3.42. The first-order valence-electron chi connectivity index (χ1n) is 8.69. The number of nitrogens with one attached hydrogen (secondary N) is 1. The highest BCUT2D eigenvalue weighted by molar-refractivity contribution is 5.94. The Hall–Kier alpha value is -2.82. The number of benzene rings is 2. The van der Waals surface area contributed by atoms with Crippen LogP contribution in [-0.2, 0) is 16.0 Å². The first kappa shape index (κ1) is 19.5. The molecular formula is C21H26N2O3. The van der Waals surface area contributed by atoms with Gasteiger partial charge < -0.3 is 15.0 Å². The summed E-state index contributed by atoms with van der Waals surface area (Å²) in [7, 11) is 3.50. The van der Waals surface area contributed by atoms with Crippen LogP contribution in [0.25, 0.3) is 0 Å². The van der Waals surface area contributed by atoms with Gasteiger partial charge in [0, 0.05) is 26.2 Å². The van der Waals surface area contributed by atoms with E-state index < -0.39 is 6.10 Å². The van der Waals surface area contributed by atoms with Crippen LogP contribution in [-0.4, -0.2) is 36.9 Å². The molecule has 0 saturated heterocycles. The summed E-state index contributed by atoms with van der Waals surface area (Å²) >= 11 is 0. The monoisotopic (exact) mass is 354 g/mol. The number of anilines is 1. The maximum Gasteiger partial charge on any atom is 0.265 e. The van der Waals surface area contributed by atoms with Crippen molar-refractivity contribution in [1.29, 1.82) is 0 Å². The summed E-state index contributed by atoms with van der Waals surface area (Å²) in [6.45, 7) is 3.67. The molecule has 1 N–H and O–H groups in total. The number of rotatable bonds is 7. The van der Waals surface area contributed by atoms with Gasteiger partial charge in [-0.15, -0.1) is 0 Å². The molecule has 5 heteroatoms. The lowest BCUT2D eigenvalue weighted by Gasteiger charge is -2.16. The Morgan fingerprint density at radius 1 is 1.08 bits per heavy atom. The zero-order chi connectivity index (χ0) is 19.1. The molecule has 0 heterocycles. The number of carbonyl (C=O) groups is 2. The number of amides is 2. The van der Waals surface area contributed by atoms with Crippen LogP contribution >= 0.6 is 0 Å². The fraction of sp³-hybridized carbons (Fsp3) is 0.333. The van der Waals surface area contributed by atoms with Crippen LogP contribution in [0.3, 0.4) is 0 Å². The topological polar surface area (TPSA) is 58.6 Å². The van der Waals surface area contributed by atoms with Crippen molar-refractivity contribution in [3.63, 3.8) is 0 Å². The fourth-order valence-electron chi connectivity index (χ4n) is 2.41. The van der Waals surface area contributed by atoms with E-state index in [1.165, 1.54) is 0 Å². The second kappa shape index (κ2) is 9.04. The van der Waals surface area contributed by atoms with E-state index in [0.717, 1.165) is 11.1 Å². The van der Waals surface area contributed by atoms with Gasteiger partial charge in [-0.1, -0.05) is 30.3 Å². The Labute approximate surface area is 155 Å². The van der Waals surface area contributed by atoms with Gasteiger partial charge in [-0.3, -0.25) is 9.59 Å². The Balaban J connectivity index is 1.88. The maximum atomic E-state index is 12.3. The van der Waals surface area contributed by atoms with Crippen molar-refractivity contribution in [3.05, 3.63) is 59.7 Å². The van der Waals surface area contributed by atoms with Gasteiger partial charge in [0.15, 0.2) is 6.10 Å². The summed E-state index contributed by atoms with van der Waals surface area (Å²) < 4.78 is 5.74. The van der Waals surface area contributed by atoms with Crippen molar-refractivity contribution in [2.75, 3.05) is 19.4 Å². The fourth-order valence-corrected chi connectivity index (χ4v) is 2.41. The molecule has 2 aromatic carbocycles. The number of ether oxygens (including phenoxy) is 1. The minimum absolute atomic E-state index is 0.101. The first-order chi connectivity index (χ1) is 12.4. The van der Waals surface area contributed by atoms with Crippen LogP contribution in [0.15, 0.2) is 48.5 Å². The Morgan fingerprint density at radius 2 is 1.73 bits per heavy atom. The summed E-state index contributed by atoms with van der Waals surface area (Å²) in [5, 5.41) is 2.85. The van der Waals surface area contributed by atoms with Crippen molar-refractivity contribution in [1.82, 2.24) is 4.90 Å². The van der Waals surface area contributed by atoms with E-state index in [2.05, 4.69) is 5.32 Å². The van der Waals surface area contributed by atoms with Crippen LogP contribution in [0.5, 0.6) is 5.75 Å². The number of carbonyl (C=O) groups excluding carboxylic acids is 2. The smallest absolute Gasteiger partial charge is 0.265 e. The normalized spacial score (nSPS) is 11.5. The third-order valence-corrected chi connectivity index (χ3v) is 4.11. The third-order valence-electron chi connectivity index (χ3n) is 4.11. The van der Waals surface area contributed by atoms with E-state index in [0.29, 0.717) is 24.3 Å². The zero-order valence-corrected chi connectivity index (χ0v) is 15.8. The molecule has 1 atom stereocenters. The van der Waals surface area contributed by atoms with Crippen molar-refractivity contribution < 1.29 is 14.3 Å². The highest BCUT2D eigenvalue weighted by atomic mass is 16.5. The highest BCUT2D eigenvalue weighted by Gasteiger charge is 2.15. The summed E-state index contributed by atoms with van der Waals surface area (Å²) in [6, 6.07) is 15.1. The molecule has 0 aliphatic heterocycles. The SMILES string of the molecule is Cc1ccccc1O[C@@H](C)C(=O)Nc1ccc(CCC(=O)N(C)C)cc1. The van der Waals surface area contributed by atoms with Crippen molar-refractivity contribution in [3.8, 4) is 5.75 Å². The molecular weight excluding hydrogens is 328 g/mol. The summed E-state index contributed by atoms with van der Waals surface area (Å²) in [5.41, 5.74) is 2.75. The molecule has 0 unspecified atom stereocenters. The van der Waals surface area contributed by atoms with E-state index in [1.807, 2.05) is 55.5 Å². The van der Waals surface area contributed by atoms with E-state index in [-0.39, 0.29) is 11.8 Å². The van der Waals surface area contributed by atoms with Gasteiger partial charge in [-0.25, -0.2) is 0 Å². The second-order valence-electron chi connectivity index (χ2n) is 6.50. The van der Waals surface area contributed by atoms with Gasteiger partial charge in [0.2, 0.25) is 5.91 Å². The molecule has 0 fully saturated rings. The number of nitrogens with zero attached hydrogens (tertiary/aromatic N) is 1. The molecule has 0 saturated carbocycles. The molecule has 0 aliphatic rings. The minimum Gasteiger partial charge on any atom is -0.481 e. The molecule has 138 valence electrons. The first-order valence-corrected chi connectivity index (χ1v) is 8.69. The van der Waals surface area contributed by atoms with E-state index in [9.17, 15) is 9.59 Å². The van der Waals surface area contributed by atoms with E-state index >= 15 is 0 Å². The second-order valence-corrected chi connectivity index (χ2v) is 6.50. The van der Waals surface area contributed by atoms with Gasteiger partial charge in [0.1, 0.15) is 5.75 Å². The summed E-state index contributed by atoms with van der Waals surface area (Å²) in [6.07, 6.45) is 0.548. The predicted molar refractivity (Wildman–Crippen MR) is 103 cm³/mol. The van der Waals surface area contributed by atoms with Crippen molar-refractivity contribution in [2.24, 2.45) is 0 Å². The lowest BCUT2D eigenvalue weighted by Crippen LogP contribution is -2.30. The van der Waals surface area contributed by atoms with Gasteiger partial charge >= 0.3 is 0 Å². The molecule has 5 nitrogen and oxygen atoms in total. The molecule has 2 amide bonds. The Bertz CT molecular complexity index is 754. The van der Waals surface area contributed by atoms with E-state index in [1.54, 1.807) is 25.9 Å². The molecule has 2 rings (SSSR count). The average Bonchev–Trinajstić information content (AvgIpc) is 2.62. The van der Waals surface area contributed by atoms with Crippen LogP contribution < -0.4 is 10.1 Å². The van der Waals surface area contributed by atoms with Crippen LogP contribution in [0, 0.1) is 6.92 Å². The van der Waals surface area contributed by atoms with Crippen LogP contribution in [0.4, 0.5) is 5.69 Å². The molecule has 0 bridgehead atoms. The number of aryl methyl sites for hydroxylation is 2. The Kier molecular flexibility index (Phi) is 6.78. The Morgan fingerprint density at radius 3 is 2.35 bits per heavy atom. The zero-order valence-electron chi connectivity index (χ0n) is 15.8. The lowest BCUT2D eigenvalue weighted by atomic mass is 10.1. The van der Waals surface area contributed by atoms with Crippen molar-refractivity contribution in [2.45, 2.75) is 32.8 Å². The quantitative estimate of drug-likeness (QED) is 0.829. The molecule has 0 aromatic heterocycles. The molecule has 0 spiro atoms. The van der Waals surface area contributed by atoms with Crippen LogP contribution in [0.2, 0.25) is 0 Å². The highest BCUT2D eigenvalue weighted by Crippen LogP contribution is 2.18. The lowest BCUT2D eigenvalue weighted by molar-refractivity contribution is -0.128. The summed E-state index contributed by atoms with van der Waals surface area (Å²) in [5.74, 6) is 0.601. The standard InChI is InChI=1S/C21H26N2O3/c1-15-7-5-6-8-19(15)26-16(2)21(25)22-18-12-9-17(10-13-18)11-14-20(24)23(3)4/h5-10,12-13,16H,11,14H2,1-4H3,(H,22,25)/t16-/m0/s1. The van der Waals surface area contributed by atoms with Gasteiger partial charge in [0.05, 0.1) is 0 Å². The largest absolute Gasteiger partial charge is 0.481 e. The van der Waals surface area contributed by atoms with Crippen LogP contribution in [0.1, 0.15) is 24.5 Å². The molecule has 0 radical (unpaired) electrons. The van der Waals surface area contributed by atoms with Gasteiger partial charge in [-0.2, -0.15) is 0 Å². The molecule has 0 aliphatic carbocycles. The van der Waals surface area contributed by atoms with Crippen molar-refractivity contribution >= 4 is 17.5 Å².